The SMILES string of the molecule is C[C@@H](NC(=O)[C@@H]1CCS(=O)(=O)C1)c1cccc(N2CCOC2=O)c1. The largest absolute Gasteiger partial charge is 0.447 e. The molecule has 0 aliphatic carbocycles. The molecule has 0 spiro atoms. The van der Waals surface area contributed by atoms with E-state index in [1.54, 1.807) is 4.90 Å². The van der Waals surface area contributed by atoms with Crippen molar-refractivity contribution in [1.82, 2.24) is 5.32 Å². The molecule has 0 unspecified atom stereocenters. The standard InChI is InChI=1S/C16H20N2O5S/c1-11(17-15(19)13-5-8-24(21,22)10-13)12-3-2-4-14(9-12)18-6-7-23-16(18)20/h2-4,9,11,13H,5-8,10H2,1H3,(H,17,19)/t11-,13-/m1/s1. The summed E-state index contributed by atoms with van der Waals surface area (Å²) in [6.45, 7) is 2.71. The lowest BCUT2D eigenvalue weighted by atomic mass is 10.0. The Balaban J connectivity index is 1.68. The zero-order valence-corrected chi connectivity index (χ0v) is 14.2. The van der Waals surface area contributed by atoms with Crippen molar-refractivity contribution < 1.29 is 22.7 Å². The van der Waals surface area contributed by atoms with E-state index < -0.39 is 15.8 Å². The van der Waals surface area contributed by atoms with Gasteiger partial charge in [0.05, 0.1) is 30.0 Å². The molecule has 24 heavy (non-hydrogen) atoms. The van der Waals surface area contributed by atoms with E-state index in [9.17, 15) is 18.0 Å². The van der Waals surface area contributed by atoms with E-state index in [2.05, 4.69) is 5.32 Å². The number of benzene rings is 1. The summed E-state index contributed by atoms with van der Waals surface area (Å²) in [6, 6.07) is 7.05. The molecule has 2 aliphatic heterocycles. The summed E-state index contributed by atoms with van der Waals surface area (Å²) < 4.78 is 27.9. The molecule has 2 saturated heterocycles. The van der Waals surface area contributed by atoms with Gasteiger partial charge in [-0.3, -0.25) is 9.69 Å². The third-order valence-corrected chi connectivity index (χ3v) is 6.17. The van der Waals surface area contributed by atoms with E-state index in [1.807, 2.05) is 31.2 Å². The average molecular weight is 352 g/mol. The Morgan fingerprint density at radius 3 is 2.83 bits per heavy atom. The molecular weight excluding hydrogens is 332 g/mol. The van der Waals surface area contributed by atoms with Crippen LogP contribution in [-0.4, -0.2) is 45.1 Å². The average Bonchev–Trinajstić information content (AvgIpc) is 3.12. The lowest BCUT2D eigenvalue weighted by molar-refractivity contribution is -0.124. The van der Waals surface area contributed by atoms with Crippen LogP contribution < -0.4 is 10.2 Å². The van der Waals surface area contributed by atoms with Crippen molar-refractivity contribution in [2.45, 2.75) is 19.4 Å². The molecule has 0 aromatic heterocycles. The summed E-state index contributed by atoms with van der Waals surface area (Å²) in [7, 11) is -3.08. The lowest BCUT2D eigenvalue weighted by Crippen LogP contribution is -2.33. The molecule has 0 saturated carbocycles. The fraction of sp³-hybridized carbons (Fsp3) is 0.500. The van der Waals surface area contributed by atoms with Crippen molar-refractivity contribution in [2.75, 3.05) is 29.6 Å². The van der Waals surface area contributed by atoms with Crippen LogP contribution in [0.5, 0.6) is 0 Å². The number of carbonyl (C=O) groups excluding carboxylic acids is 2. The lowest BCUT2D eigenvalue weighted by Gasteiger charge is -2.19. The van der Waals surface area contributed by atoms with Gasteiger partial charge in [0, 0.05) is 5.69 Å². The summed E-state index contributed by atoms with van der Waals surface area (Å²) in [5, 5.41) is 2.87. The van der Waals surface area contributed by atoms with Gasteiger partial charge in [0.2, 0.25) is 5.91 Å². The minimum atomic E-state index is -3.08. The number of nitrogens with zero attached hydrogens (tertiary/aromatic N) is 1. The monoisotopic (exact) mass is 352 g/mol. The summed E-state index contributed by atoms with van der Waals surface area (Å²) in [6.07, 6.45) is 0.000541. The zero-order valence-electron chi connectivity index (χ0n) is 13.4. The van der Waals surface area contributed by atoms with E-state index in [-0.39, 0.29) is 29.5 Å². The Morgan fingerprint density at radius 1 is 1.42 bits per heavy atom. The van der Waals surface area contributed by atoms with Gasteiger partial charge in [-0.2, -0.15) is 0 Å². The van der Waals surface area contributed by atoms with Crippen LogP contribution in [0.2, 0.25) is 0 Å². The molecule has 1 aromatic rings. The van der Waals surface area contributed by atoms with Gasteiger partial charge in [-0.15, -0.1) is 0 Å². The predicted molar refractivity (Wildman–Crippen MR) is 88.5 cm³/mol. The number of ether oxygens (including phenoxy) is 1. The first-order chi connectivity index (χ1) is 11.4. The summed E-state index contributed by atoms with van der Waals surface area (Å²) in [5.74, 6) is -0.721. The molecule has 0 bridgehead atoms. The highest BCUT2D eigenvalue weighted by atomic mass is 32.2. The molecular formula is C16H20N2O5S. The highest BCUT2D eigenvalue weighted by Crippen LogP contribution is 2.24. The second-order valence-corrected chi connectivity index (χ2v) is 8.42. The van der Waals surface area contributed by atoms with Crippen LogP contribution in [0.25, 0.3) is 0 Å². The van der Waals surface area contributed by atoms with Crippen LogP contribution in [-0.2, 0) is 19.4 Å². The normalized spacial score (nSPS) is 23.8. The molecule has 3 rings (SSSR count). The van der Waals surface area contributed by atoms with Crippen molar-refractivity contribution in [2.24, 2.45) is 5.92 Å². The number of hydrogen-bond acceptors (Lipinski definition) is 5. The van der Waals surface area contributed by atoms with Gasteiger partial charge in [-0.25, -0.2) is 13.2 Å². The van der Waals surface area contributed by atoms with Crippen molar-refractivity contribution in [3.8, 4) is 0 Å². The highest BCUT2D eigenvalue weighted by molar-refractivity contribution is 7.91. The van der Waals surface area contributed by atoms with Gasteiger partial charge in [0.1, 0.15) is 6.61 Å². The number of carbonyl (C=O) groups is 2. The molecule has 2 heterocycles. The quantitative estimate of drug-likeness (QED) is 0.880. The zero-order chi connectivity index (χ0) is 17.3. The van der Waals surface area contributed by atoms with Gasteiger partial charge >= 0.3 is 6.09 Å². The summed E-state index contributed by atoms with van der Waals surface area (Å²) in [5.41, 5.74) is 1.57. The van der Waals surface area contributed by atoms with Crippen LogP contribution in [0.15, 0.2) is 24.3 Å². The number of hydrogen-bond donors (Lipinski definition) is 1. The molecule has 2 aliphatic rings. The van der Waals surface area contributed by atoms with Crippen LogP contribution in [0.3, 0.4) is 0 Å². The summed E-state index contributed by atoms with van der Waals surface area (Å²) >= 11 is 0. The van der Waals surface area contributed by atoms with Crippen molar-refractivity contribution in [1.29, 1.82) is 0 Å². The predicted octanol–water partition coefficient (Wildman–Crippen LogP) is 1.26. The summed E-state index contributed by atoms with van der Waals surface area (Å²) in [4.78, 5) is 25.4. The third kappa shape index (κ3) is 3.53. The second kappa shape index (κ2) is 6.43. The molecule has 0 radical (unpaired) electrons. The van der Waals surface area contributed by atoms with Crippen LogP contribution in [0.1, 0.15) is 24.9 Å². The fourth-order valence-electron chi connectivity index (χ4n) is 3.01. The van der Waals surface area contributed by atoms with Crippen LogP contribution >= 0.6 is 0 Å². The minimum absolute atomic E-state index is 0.0754. The maximum Gasteiger partial charge on any atom is 0.414 e. The first-order valence-electron chi connectivity index (χ1n) is 7.91. The van der Waals surface area contributed by atoms with Gasteiger partial charge in [-0.1, -0.05) is 12.1 Å². The van der Waals surface area contributed by atoms with Crippen molar-refractivity contribution >= 4 is 27.5 Å². The Labute approximate surface area is 140 Å². The first kappa shape index (κ1) is 16.8. The molecule has 1 aromatic carbocycles. The number of rotatable bonds is 4. The van der Waals surface area contributed by atoms with E-state index in [1.165, 1.54) is 0 Å². The van der Waals surface area contributed by atoms with Crippen molar-refractivity contribution in [3.63, 3.8) is 0 Å². The minimum Gasteiger partial charge on any atom is -0.447 e. The van der Waals surface area contributed by atoms with Crippen LogP contribution in [0, 0.1) is 5.92 Å². The van der Waals surface area contributed by atoms with Crippen LogP contribution in [0.4, 0.5) is 10.5 Å². The number of cyclic esters (lactones) is 1. The van der Waals surface area contributed by atoms with Crippen molar-refractivity contribution in [3.05, 3.63) is 29.8 Å². The maximum atomic E-state index is 12.2. The Kier molecular flexibility index (Phi) is 4.49. The number of nitrogens with one attached hydrogen (secondary N) is 1. The molecule has 1 N–H and O–H groups in total. The Hall–Kier alpha value is -2.09. The first-order valence-corrected chi connectivity index (χ1v) is 9.73. The van der Waals surface area contributed by atoms with E-state index in [0.29, 0.717) is 19.6 Å². The third-order valence-electron chi connectivity index (χ3n) is 4.40. The Morgan fingerprint density at radius 2 is 2.21 bits per heavy atom. The second-order valence-electron chi connectivity index (χ2n) is 6.19. The molecule has 8 heteroatoms. The molecule has 2 atom stereocenters. The molecule has 7 nitrogen and oxygen atoms in total. The van der Waals surface area contributed by atoms with Gasteiger partial charge < -0.3 is 10.1 Å². The highest BCUT2D eigenvalue weighted by Gasteiger charge is 2.33. The van der Waals surface area contributed by atoms with Gasteiger partial charge in [-0.05, 0) is 31.0 Å². The fourth-order valence-corrected chi connectivity index (χ4v) is 4.75. The van der Waals surface area contributed by atoms with Gasteiger partial charge in [0.25, 0.3) is 0 Å². The maximum absolute atomic E-state index is 12.2. The number of sulfone groups is 1. The number of amides is 2. The topological polar surface area (TPSA) is 92.8 Å². The number of anilines is 1. The Bertz CT molecular complexity index is 761. The van der Waals surface area contributed by atoms with E-state index in [0.717, 1.165) is 11.3 Å². The van der Waals surface area contributed by atoms with E-state index >= 15 is 0 Å². The smallest absolute Gasteiger partial charge is 0.414 e. The van der Waals surface area contributed by atoms with E-state index in [4.69, 9.17) is 4.74 Å². The molecule has 130 valence electrons. The molecule has 2 amide bonds. The van der Waals surface area contributed by atoms with Gasteiger partial charge in [0.15, 0.2) is 9.84 Å². The molecule has 2 fully saturated rings.